The highest BCUT2D eigenvalue weighted by Gasteiger charge is 2.23. The fourth-order valence-electron chi connectivity index (χ4n) is 3.11. The van der Waals surface area contributed by atoms with Gasteiger partial charge in [0.25, 0.3) is 0 Å². The van der Waals surface area contributed by atoms with Crippen LogP contribution in [0.1, 0.15) is 5.69 Å². The zero-order valence-electron chi connectivity index (χ0n) is 14.4. The van der Waals surface area contributed by atoms with Crippen molar-refractivity contribution < 1.29 is 5.11 Å². The number of β-amino-alcohol motifs (C(OH)–C–C–N with tert-alkyl or cyclic N) is 1. The SMILES string of the molecule is Cc1nn(C)c2nc(N3CCN(CC(O)CN(C)C)CC3)sc12. The number of piperazine rings is 1. The fraction of sp³-hybridized carbons (Fsp3) is 0.733. The first-order valence-electron chi connectivity index (χ1n) is 8.04. The van der Waals surface area contributed by atoms with Crippen LogP contribution in [-0.4, -0.2) is 89.1 Å². The van der Waals surface area contributed by atoms with E-state index in [4.69, 9.17) is 4.98 Å². The second kappa shape index (κ2) is 6.72. The molecule has 3 rings (SSSR count). The number of hydrogen-bond donors (Lipinski definition) is 1. The van der Waals surface area contributed by atoms with E-state index in [1.165, 1.54) is 4.70 Å². The molecule has 1 fully saturated rings. The number of aliphatic hydroxyl groups is 1. The first kappa shape index (κ1) is 16.6. The van der Waals surface area contributed by atoms with Gasteiger partial charge in [0.05, 0.1) is 16.5 Å². The second-order valence-corrected chi connectivity index (χ2v) is 7.54. The summed E-state index contributed by atoms with van der Waals surface area (Å²) in [7, 11) is 5.93. The minimum atomic E-state index is -0.285. The van der Waals surface area contributed by atoms with E-state index in [-0.39, 0.29) is 6.10 Å². The molecule has 3 heterocycles. The molecule has 2 aromatic rings. The van der Waals surface area contributed by atoms with Gasteiger partial charge in [0, 0.05) is 46.3 Å². The van der Waals surface area contributed by atoms with E-state index in [2.05, 4.69) is 14.9 Å². The molecule has 1 aliphatic heterocycles. The minimum absolute atomic E-state index is 0.285. The van der Waals surface area contributed by atoms with Gasteiger partial charge in [-0.1, -0.05) is 11.3 Å². The molecule has 1 unspecified atom stereocenters. The maximum absolute atomic E-state index is 10.1. The van der Waals surface area contributed by atoms with Gasteiger partial charge in [0.15, 0.2) is 10.8 Å². The van der Waals surface area contributed by atoms with Crippen LogP contribution in [0.2, 0.25) is 0 Å². The Labute approximate surface area is 141 Å². The summed E-state index contributed by atoms with van der Waals surface area (Å²) in [6, 6.07) is 0. The van der Waals surface area contributed by atoms with Crippen molar-refractivity contribution >= 4 is 26.8 Å². The van der Waals surface area contributed by atoms with Crippen molar-refractivity contribution in [3.05, 3.63) is 5.69 Å². The molecule has 23 heavy (non-hydrogen) atoms. The summed E-state index contributed by atoms with van der Waals surface area (Å²) in [6.45, 7) is 7.35. The summed E-state index contributed by atoms with van der Waals surface area (Å²) < 4.78 is 3.05. The number of aromatic nitrogens is 3. The number of aliphatic hydroxyl groups excluding tert-OH is 1. The third kappa shape index (κ3) is 3.65. The van der Waals surface area contributed by atoms with Crippen molar-refractivity contribution in [2.45, 2.75) is 13.0 Å². The Morgan fingerprint density at radius 1 is 1.26 bits per heavy atom. The number of nitrogens with zero attached hydrogens (tertiary/aromatic N) is 6. The number of thiazole rings is 1. The van der Waals surface area contributed by atoms with Gasteiger partial charge in [0.2, 0.25) is 0 Å². The zero-order valence-corrected chi connectivity index (χ0v) is 15.2. The molecular formula is C15H26N6OS. The lowest BCUT2D eigenvalue weighted by molar-refractivity contribution is 0.0861. The van der Waals surface area contributed by atoms with Crippen molar-refractivity contribution in [3.63, 3.8) is 0 Å². The van der Waals surface area contributed by atoms with E-state index in [1.807, 2.05) is 37.6 Å². The van der Waals surface area contributed by atoms with Gasteiger partial charge in [-0.15, -0.1) is 0 Å². The molecule has 1 atom stereocenters. The van der Waals surface area contributed by atoms with E-state index < -0.39 is 0 Å². The summed E-state index contributed by atoms with van der Waals surface area (Å²) >= 11 is 1.73. The molecule has 1 saturated heterocycles. The van der Waals surface area contributed by atoms with Crippen molar-refractivity contribution in [2.75, 3.05) is 58.3 Å². The molecule has 0 bridgehead atoms. The van der Waals surface area contributed by atoms with Gasteiger partial charge in [-0.3, -0.25) is 4.90 Å². The lowest BCUT2D eigenvalue weighted by atomic mass is 10.2. The standard InChI is InChI=1S/C15H26N6OS/c1-11-13-14(19(4)17-11)16-15(23-13)21-7-5-20(6-8-21)10-12(22)9-18(2)3/h12,22H,5-10H2,1-4H3. The lowest BCUT2D eigenvalue weighted by Crippen LogP contribution is -2.49. The third-order valence-electron chi connectivity index (χ3n) is 4.22. The smallest absolute Gasteiger partial charge is 0.188 e. The molecule has 1 N–H and O–H groups in total. The van der Waals surface area contributed by atoms with E-state index in [0.717, 1.165) is 49.2 Å². The van der Waals surface area contributed by atoms with Crippen LogP contribution in [0.5, 0.6) is 0 Å². The van der Waals surface area contributed by atoms with Crippen LogP contribution in [0.4, 0.5) is 5.13 Å². The summed E-state index contributed by atoms with van der Waals surface area (Å²) in [6.07, 6.45) is -0.285. The first-order valence-corrected chi connectivity index (χ1v) is 8.86. The zero-order chi connectivity index (χ0) is 16.6. The Hall–Kier alpha value is -1.22. The molecule has 2 aromatic heterocycles. The molecule has 0 aliphatic carbocycles. The number of aryl methyl sites for hydroxylation is 2. The number of rotatable bonds is 5. The van der Waals surface area contributed by atoms with Gasteiger partial charge in [-0.25, -0.2) is 9.67 Å². The van der Waals surface area contributed by atoms with Crippen LogP contribution in [0, 0.1) is 6.92 Å². The molecule has 0 saturated carbocycles. The van der Waals surface area contributed by atoms with Crippen molar-refractivity contribution in [3.8, 4) is 0 Å². The second-order valence-electron chi connectivity index (χ2n) is 6.56. The highest BCUT2D eigenvalue weighted by Crippen LogP contribution is 2.31. The third-order valence-corrected chi connectivity index (χ3v) is 5.43. The molecule has 128 valence electrons. The van der Waals surface area contributed by atoms with Crippen molar-refractivity contribution in [1.82, 2.24) is 24.6 Å². The molecule has 1 aliphatic rings. The maximum Gasteiger partial charge on any atom is 0.188 e. The van der Waals surface area contributed by atoms with E-state index in [1.54, 1.807) is 11.3 Å². The Balaban J connectivity index is 1.58. The van der Waals surface area contributed by atoms with Gasteiger partial charge in [-0.05, 0) is 21.0 Å². The van der Waals surface area contributed by atoms with Crippen LogP contribution >= 0.6 is 11.3 Å². The number of fused-ring (bicyclic) bond motifs is 1. The number of anilines is 1. The molecule has 0 radical (unpaired) electrons. The van der Waals surface area contributed by atoms with Crippen LogP contribution in [-0.2, 0) is 7.05 Å². The average Bonchev–Trinajstić information content (AvgIpc) is 3.01. The summed E-state index contributed by atoms with van der Waals surface area (Å²) in [5.41, 5.74) is 2.03. The van der Waals surface area contributed by atoms with Crippen LogP contribution in [0.3, 0.4) is 0 Å². The summed E-state index contributed by atoms with van der Waals surface area (Å²) in [4.78, 5) is 11.5. The quantitative estimate of drug-likeness (QED) is 0.851. The van der Waals surface area contributed by atoms with Crippen molar-refractivity contribution in [2.24, 2.45) is 7.05 Å². The molecule has 0 amide bonds. The van der Waals surface area contributed by atoms with Crippen molar-refractivity contribution in [1.29, 1.82) is 0 Å². The summed E-state index contributed by atoms with van der Waals surface area (Å²) in [5.74, 6) is 0. The van der Waals surface area contributed by atoms with E-state index in [9.17, 15) is 5.11 Å². The summed E-state index contributed by atoms with van der Waals surface area (Å²) in [5, 5.41) is 15.6. The fourth-order valence-corrected chi connectivity index (χ4v) is 4.19. The van der Waals surface area contributed by atoms with Crippen LogP contribution in [0.25, 0.3) is 10.3 Å². The monoisotopic (exact) mass is 338 g/mol. The highest BCUT2D eigenvalue weighted by atomic mass is 32.1. The lowest BCUT2D eigenvalue weighted by Gasteiger charge is -2.35. The maximum atomic E-state index is 10.1. The molecule has 7 nitrogen and oxygen atoms in total. The van der Waals surface area contributed by atoms with Crippen LogP contribution < -0.4 is 4.90 Å². The number of hydrogen-bond acceptors (Lipinski definition) is 7. The average molecular weight is 338 g/mol. The molecular weight excluding hydrogens is 312 g/mol. The van der Waals surface area contributed by atoms with Gasteiger partial charge < -0.3 is 14.9 Å². The van der Waals surface area contributed by atoms with E-state index in [0.29, 0.717) is 6.54 Å². The Morgan fingerprint density at radius 3 is 2.57 bits per heavy atom. The normalized spacial score (nSPS) is 18.3. The number of likely N-dealkylation sites (N-methyl/N-ethyl adjacent to an activating group) is 1. The van der Waals surface area contributed by atoms with E-state index >= 15 is 0 Å². The predicted octanol–water partition coefficient (Wildman–Crippen LogP) is 0.383. The van der Waals surface area contributed by atoms with Gasteiger partial charge in [-0.2, -0.15) is 5.10 Å². The Morgan fingerprint density at radius 2 is 1.96 bits per heavy atom. The Bertz CT molecular complexity index is 624. The predicted molar refractivity (Wildman–Crippen MR) is 94.3 cm³/mol. The minimum Gasteiger partial charge on any atom is -0.390 e. The molecule has 0 aromatic carbocycles. The van der Waals surface area contributed by atoms with Crippen LogP contribution in [0.15, 0.2) is 0 Å². The largest absolute Gasteiger partial charge is 0.390 e. The molecule has 8 heteroatoms. The molecule has 0 spiro atoms. The van der Waals surface area contributed by atoms with Gasteiger partial charge >= 0.3 is 0 Å². The van der Waals surface area contributed by atoms with Gasteiger partial charge in [0.1, 0.15) is 0 Å². The first-order chi connectivity index (χ1) is 10.9. The Kier molecular flexibility index (Phi) is 4.86. The highest BCUT2D eigenvalue weighted by molar-refractivity contribution is 7.22. The topological polar surface area (TPSA) is 60.7 Å².